The maximum absolute atomic E-state index is 10.1. The molecule has 8 heteroatoms. The number of hydrogen-bond acceptors (Lipinski definition) is 3. The Labute approximate surface area is 127 Å². The van der Waals surface area contributed by atoms with Crippen molar-refractivity contribution >= 4 is 5.94 Å². The lowest BCUT2D eigenvalue weighted by Crippen LogP contribution is -1.97. The van der Waals surface area contributed by atoms with Crippen LogP contribution in [-0.4, -0.2) is 39.9 Å². The number of nitrogens with two attached hydrogens (primary N) is 2. The van der Waals surface area contributed by atoms with Crippen molar-refractivity contribution in [3.05, 3.63) is 5.70 Å². The van der Waals surface area contributed by atoms with Gasteiger partial charge in [-0.25, -0.2) is 4.79 Å². The first-order valence-corrected chi connectivity index (χ1v) is 6.50. The Morgan fingerprint density at radius 1 is 0.667 bits per heavy atom. The molecule has 0 atom stereocenters. The number of allylic oxidation sites excluding steroid dienone is 1. The Bertz CT molecular complexity index is 211. The molecule has 0 aliphatic heterocycles. The second kappa shape index (κ2) is 31.4. The second-order valence-electron chi connectivity index (χ2n) is 4.35. The van der Waals surface area contributed by atoms with Crippen LogP contribution in [0.5, 0.6) is 0 Å². The van der Waals surface area contributed by atoms with Crippen LogP contribution in [0.4, 0.5) is 0 Å². The minimum Gasteiger partial charge on any atom is -0.412 e. The van der Waals surface area contributed by atoms with Gasteiger partial charge in [0.1, 0.15) is 5.94 Å². The van der Waals surface area contributed by atoms with Gasteiger partial charge in [0.05, 0.1) is 5.70 Å². The van der Waals surface area contributed by atoms with E-state index in [-0.39, 0.29) is 27.4 Å². The Kier molecular flexibility index (Phi) is 55.1. The van der Waals surface area contributed by atoms with Gasteiger partial charge in [-0.3, -0.25) is 0 Å². The summed E-state index contributed by atoms with van der Waals surface area (Å²) in [6.45, 7) is 0.825. The summed E-state index contributed by atoms with van der Waals surface area (Å²) in [5.41, 5.74) is 11.1. The highest BCUT2D eigenvalue weighted by molar-refractivity contribution is 5.50. The van der Waals surface area contributed by atoms with Crippen molar-refractivity contribution in [1.82, 2.24) is 0 Å². The Morgan fingerprint density at radius 3 is 1.33 bits per heavy atom. The molecule has 0 saturated carbocycles. The van der Waals surface area contributed by atoms with E-state index in [0.29, 0.717) is 12.1 Å². The molecule has 0 aromatic carbocycles. The number of unbranched alkanes of at least 4 members (excludes halogenated alkanes) is 8. The van der Waals surface area contributed by atoms with Crippen molar-refractivity contribution in [2.45, 2.75) is 64.2 Å². The topological polar surface area (TPSA) is 227 Å². The van der Waals surface area contributed by atoms with Gasteiger partial charge in [-0.15, -0.1) is 0 Å². The molecule has 0 heterocycles. The third kappa shape index (κ3) is 32.5. The maximum Gasteiger partial charge on any atom is 0.145 e. The van der Waals surface area contributed by atoms with Crippen molar-refractivity contribution in [2.75, 3.05) is 6.54 Å². The van der Waals surface area contributed by atoms with Gasteiger partial charge in [-0.1, -0.05) is 44.9 Å². The van der Waals surface area contributed by atoms with Gasteiger partial charge in [-0.2, -0.15) is 0 Å². The zero-order valence-corrected chi connectivity index (χ0v) is 12.8. The van der Waals surface area contributed by atoms with E-state index in [1.54, 1.807) is 5.94 Å². The van der Waals surface area contributed by atoms with Crippen LogP contribution >= 0.6 is 0 Å². The zero-order chi connectivity index (χ0) is 12.1. The fraction of sp³-hybridized carbons (Fsp3) is 0.846. The summed E-state index contributed by atoms with van der Waals surface area (Å²) in [4.78, 5) is 10.1. The van der Waals surface area contributed by atoms with Crippen LogP contribution in [0.15, 0.2) is 5.70 Å². The van der Waals surface area contributed by atoms with Crippen LogP contribution in [0, 0.1) is 0 Å². The number of carbonyl (C=O) groups excluding carboxylic acids is 1. The van der Waals surface area contributed by atoms with Crippen molar-refractivity contribution in [2.24, 2.45) is 11.5 Å². The average Bonchev–Trinajstić information content (AvgIpc) is 2.31. The van der Waals surface area contributed by atoms with Crippen molar-refractivity contribution in [1.29, 1.82) is 0 Å². The monoisotopic (exact) mass is 316 g/mol. The van der Waals surface area contributed by atoms with E-state index in [9.17, 15) is 4.79 Å². The molecule has 0 amide bonds. The summed E-state index contributed by atoms with van der Waals surface area (Å²) in [7, 11) is 0. The van der Waals surface area contributed by atoms with Gasteiger partial charge in [0.2, 0.25) is 0 Å². The van der Waals surface area contributed by atoms with E-state index in [1.165, 1.54) is 44.9 Å². The quantitative estimate of drug-likeness (QED) is 0.339. The molecule has 0 aliphatic carbocycles. The molecule has 0 bridgehead atoms. The molecular weight excluding hydrogens is 280 g/mol. The Balaban J connectivity index is -0.000000112. The summed E-state index contributed by atoms with van der Waals surface area (Å²) in [5, 5.41) is 0. The van der Waals surface area contributed by atoms with E-state index in [1.807, 2.05) is 0 Å². The summed E-state index contributed by atoms with van der Waals surface area (Å²) in [6, 6.07) is 0. The Hall–Kier alpha value is -0.990. The highest BCUT2D eigenvalue weighted by Crippen LogP contribution is 2.10. The fourth-order valence-corrected chi connectivity index (χ4v) is 1.75. The molecule has 0 aromatic heterocycles. The second-order valence-corrected chi connectivity index (χ2v) is 4.35. The highest BCUT2D eigenvalue weighted by atomic mass is 16.1. The summed E-state index contributed by atoms with van der Waals surface area (Å²) >= 11 is 0. The summed E-state index contributed by atoms with van der Waals surface area (Å²) in [6.07, 6.45) is 11.9. The fourth-order valence-electron chi connectivity index (χ4n) is 1.75. The van der Waals surface area contributed by atoms with Crippen molar-refractivity contribution in [3.63, 3.8) is 0 Å². The van der Waals surface area contributed by atoms with Crippen LogP contribution in [0.3, 0.4) is 0 Å². The lowest BCUT2D eigenvalue weighted by molar-refractivity contribution is 0.554. The highest BCUT2D eigenvalue weighted by Gasteiger charge is 1.94. The molecule has 0 unspecified atom stereocenters. The molecular formula is C13H36N2O6. The third-order valence-electron chi connectivity index (χ3n) is 2.78. The minimum atomic E-state index is 0. The van der Waals surface area contributed by atoms with Crippen LogP contribution in [-0.2, 0) is 4.79 Å². The van der Waals surface area contributed by atoms with Crippen molar-refractivity contribution < 1.29 is 32.2 Å². The van der Waals surface area contributed by atoms with E-state index in [0.717, 1.165) is 19.4 Å². The maximum atomic E-state index is 10.1. The van der Waals surface area contributed by atoms with Crippen LogP contribution in [0.1, 0.15) is 64.2 Å². The minimum absolute atomic E-state index is 0. The SMILES string of the molecule is NCCCCCCCCCCCC(N)=C=O.O.O.O.O.O. The first kappa shape index (κ1) is 36.8. The lowest BCUT2D eigenvalue weighted by Gasteiger charge is -2.01. The van der Waals surface area contributed by atoms with E-state index >= 15 is 0 Å². The van der Waals surface area contributed by atoms with Gasteiger partial charge in [0.15, 0.2) is 0 Å². The first-order valence-electron chi connectivity index (χ1n) is 6.50. The molecule has 0 radical (unpaired) electrons. The summed E-state index contributed by atoms with van der Waals surface area (Å²) in [5.74, 6) is 1.73. The standard InChI is InChI=1S/C13H26N2O.5H2O/c14-11-9-7-5-3-1-2-4-6-8-10-13(15)12-16;;;;;/h1-11,14-15H2;5*1H2. The van der Waals surface area contributed by atoms with Crippen LogP contribution < -0.4 is 11.5 Å². The molecule has 0 saturated heterocycles. The number of hydrogen-bond donors (Lipinski definition) is 2. The van der Waals surface area contributed by atoms with Crippen molar-refractivity contribution in [3.8, 4) is 0 Å². The molecule has 21 heavy (non-hydrogen) atoms. The predicted molar refractivity (Wildman–Crippen MR) is 86.7 cm³/mol. The predicted octanol–water partition coefficient (Wildman–Crippen LogP) is -1.60. The van der Waals surface area contributed by atoms with Gasteiger partial charge >= 0.3 is 0 Å². The molecule has 0 aromatic rings. The molecule has 14 N–H and O–H groups in total. The first-order chi connectivity index (χ1) is 7.81. The van der Waals surface area contributed by atoms with Gasteiger partial charge in [-0.05, 0) is 25.8 Å². The van der Waals surface area contributed by atoms with Crippen LogP contribution in [0.2, 0.25) is 0 Å². The molecule has 0 aliphatic rings. The molecule has 0 fully saturated rings. The van der Waals surface area contributed by atoms with Gasteiger partial charge in [0.25, 0.3) is 0 Å². The molecule has 0 rings (SSSR count). The van der Waals surface area contributed by atoms with E-state index < -0.39 is 0 Å². The number of rotatable bonds is 11. The molecule has 134 valence electrons. The van der Waals surface area contributed by atoms with Gasteiger partial charge in [0, 0.05) is 0 Å². The average molecular weight is 316 g/mol. The normalized spacial score (nSPS) is 7.67. The van der Waals surface area contributed by atoms with Gasteiger partial charge < -0.3 is 38.8 Å². The zero-order valence-electron chi connectivity index (χ0n) is 12.8. The molecule has 8 nitrogen and oxygen atoms in total. The summed E-state index contributed by atoms with van der Waals surface area (Å²) < 4.78 is 0. The smallest absolute Gasteiger partial charge is 0.145 e. The molecule has 0 spiro atoms. The lowest BCUT2D eigenvalue weighted by atomic mass is 10.1. The largest absolute Gasteiger partial charge is 0.412 e. The van der Waals surface area contributed by atoms with E-state index in [2.05, 4.69) is 0 Å². The van der Waals surface area contributed by atoms with E-state index in [4.69, 9.17) is 11.5 Å². The third-order valence-corrected chi connectivity index (χ3v) is 2.78. The Morgan fingerprint density at radius 2 is 1.00 bits per heavy atom. The van der Waals surface area contributed by atoms with Crippen LogP contribution in [0.25, 0.3) is 0 Å².